The van der Waals surface area contributed by atoms with Crippen molar-refractivity contribution in [2.75, 3.05) is 26.1 Å². The highest BCUT2D eigenvalue weighted by Crippen LogP contribution is 2.19. The Kier molecular flexibility index (Phi) is 3.45. The molecule has 2 rings (SSSR count). The van der Waals surface area contributed by atoms with Crippen molar-refractivity contribution in [3.8, 4) is 17.3 Å². The van der Waals surface area contributed by atoms with Crippen LogP contribution in [0.3, 0.4) is 0 Å². The van der Waals surface area contributed by atoms with Gasteiger partial charge in [0.15, 0.2) is 5.82 Å². The van der Waals surface area contributed by atoms with Gasteiger partial charge < -0.3 is 9.64 Å². The molecule has 0 atom stereocenters. The predicted molar refractivity (Wildman–Crippen MR) is 69.8 cm³/mol. The third kappa shape index (κ3) is 2.27. The maximum Gasteiger partial charge on any atom is 0.223 e. The summed E-state index contributed by atoms with van der Waals surface area (Å²) in [6, 6.07) is 3.71. The molecule has 0 bridgehead atoms. The lowest BCUT2D eigenvalue weighted by atomic mass is 10.3. The van der Waals surface area contributed by atoms with Crippen LogP contribution >= 0.6 is 0 Å². The second kappa shape index (κ2) is 5.03. The summed E-state index contributed by atoms with van der Waals surface area (Å²) in [5.74, 6) is 2.10. The van der Waals surface area contributed by atoms with Gasteiger partial charge in [0.1, 0.15) is 0 Å². The van der Waals surface area contributed by atoms with E-state index in [1.807, 2.05) is 36.7 Å². The number of pyridine rings is 1. The highest BCUT2D eigenvalue weighted by Gasteiger charge is 2.12. The van der Waals surface area contributed by atoms with Gasteiger partial charge in [0.05, 0.1) is 7.11 Å². The van der Waals surface area contributed by atoms with Crippen LogP contribution in [-0.2, 0) is 6.54 Å². The molecular formula is C12H17N5O. The van der Waals surface area contributed by atoms with E-state index in [1.165, 1.54) is 0 Å². The third-order valence-corrected chi connectivity index (χ3v) is 2.56. The van der Waals surface area contributed by atoms with E-state index < -0.39 is 0 Å². The molecule has 0 spiro atoms. The molecule has 0 aliphatic heterocycles. The first-order valence-corrected chi connectivity index (χ1v) is 5.78. The Bertz CT molecular complexity index is 518. The van der Waals surface area contributed by atoms with Gasteiger partial charge >= 0.3 is 0 Å². The molecule has 2 aromatic heterocycles. The number of ether oxygens (including phenoxy) is 1. The Hall–Kier alpha value is -2.11. The van der Waals surface area contributed by atoms with Crippen molar-refractivity contribution in [3.05, 3.63) is 18.3 Å². The minimum atomic E-state index is 0.585. The van der Waals surface area contributed by atoms with E-state index in [0.29, 0.717) is 11.7 Å². The fourth-order valence-electron chi connectivity index (χ4n) is 1.63. The zero-order chi connectivity index (χ0) is 13.1. The second-order valence-corrected chi connectivity index (χ2v) is 4.03. The zero-order valence-electron chi connectivity index (χ0n) is 11.1. The number of aromatic nitrogens is 4. The Balaban J connectivity index is 2.37. The van der Waals surface area contributed by atoms with Crippen LogP contribution in [0, 0.1) is 0 Å². The van der Waals surface area contributed by atoms with E-state index in [-0.39, 0.29) is 0 Å². The monoisotopic (exact) mass is 247 g/mol. The molecule has 0 aliphatic carbocycles. The van der Waals surface area contributed by atoms with Crippen LogP contribution in [0.1, 0.15) is 6.92 Å². The fourth-order valence-corrected chi connectivity index (χ4v) is 1.63. The second-order valence-electron chi connectivity index (χ2n) is 4.03. The van der Waals surface area contributed by atoms with Gasteiger partial charge in [-0.2, -0.15) is 4.98 Å². The largest absolute Gasteiger partial charge is 0.481 e. The van der Waals surface area contributed by atoms with Crippen LogP contribution < -0.4 is 9.64 Å². The first-order chi connectivity index (χ1) is 8.65. The average molecular weight is 247 g/mol. The van der Waals surface area contributed by atoms with Crippen molar-refractivity contribution in [1.82, 2.24) is 19.7 Å². The van der Waals surface area contributed by atoms with Crippen molar-refractivity contribution >= 4 is 5.95 Å². The molecule has 0 N–H and O–H groups in total. The first-order valence-electron chi connectivity index (χ1n) is 5.78. The van der Waals surface area contributed by atoms with Gasteiger partial charge in [0.2, 0.25) is 11.8 Å². The molecule has 0 aromatic carbocycles. The summed E-state index contributed by atoms with van der Waals surface area (Å²) in [7, 11) is 5.49. The van der Waals surface area contributed by atoms with Gasteiger partial charge in [-0.05, 0) is 13.0 Å². The molecule has 2 aromatic rings. The van der Waals surface area contributed by atoms with Gasteiger partial charge in [-0.1, -0.05) is 0 Å². The topological polar surface area (TPSA) is 56.1 Å². The Morgan fingerprint density at radius 1 is 1.33 bits per heavy atom. The molecule has 6 heteroatoms. The molecule has 18 heavy (non-hydrogen) atoms. The maximum atomic E-state index is 5.03. The number of rotatable bonds is 4. The smallest absolute Gasteiger partial charge is 0.223 e. The zero-order valence-corrected chi connectivity index (χ0v) is 11.1. The number of hydrogen-bond acceptors (Lipinski definition) is 5. The highest BCUT2D eigenvalue weighted by atomic mass is 16.5. The Morgan fingerprint density at radius 3 is 2.56 bits per heavy atom. The molecule has 2 heterocycles. The van der Waals surface area contributed by atoms with E-state index in [4.69, 9.17) is 4.74 Å². The van der Waals surface area contributed by atoms with E-state index >= 15 is 0 Å². The quantitative estimate of drug-likeness (QED) is 0.818. The van der Waals surface area contributed by atoms with Gasteiger partial charge in [0.25, 0.3) is 0 Å². The van der Waals surface area contributed by atoms with Crippen molar-refractivity contribution < 1.29 is 4.74 Å². The third-order valence-electron chi connectivity index (χ3n) is 2.56. The van der Waals surface area contributed by atoms with E-state index in [2.05, 4.69) is 15.1 Å². The minimum absolute atomic E-state index is 0.585. The van der Waals surface area contributed by atoms with E-state index in [9.17, 15) is 0 Å². The standard InChI is InChI=1S/C12H17N5O/c1-5-17-12(16(2)3)14-11(15-17)9-6-7-10(18-4)13-8-9/h6-8H,5H2,1-4H3. The molecular weight excluding hydrogens is 230 g/mol. The number of anilines is 1. The van der Waals surface area contributed by atoms with E-state index in [0.717, 1.165) is 18.1 Å². The lowest BCUT2D eigenvalue weighted by Gasteiger charge is -2.10. The van der Waals surface area contributed by atoms with Gasteiger partial charge in [-0.25, -0.2) is 9.67 Å². The number of nitrogens with zero attached hydrogens (tertiary/aromatic N) is 5. The molecule has 0 aliphatic rings. The van der Waals surface area contributed by atoms with Crippen molar-refractivity contribution in [3.63, 3.8) is 0 Å². The maximum absolute atomic E-state index is 5.03. The van der Waals surface area contributed by atoms with Gasteiger partial charge in [-0.3, -0.25) is 0 Å². The summed E-state index contributed by atoms with van der Waals surface area (Å²) in [5.41, 5.74) is 0.881. The molecule has 0 unspecified atom stereocenters. The summed E-state index contributed by atoms with van der Waals surface area (Å²) < 4.78 is 6.89. The molecule has 0 fully saturated rings. The molecule has 0 amide bonds. The van der Waals surface area contributed by atoms with Crippen molar-refractivity contribution in [2.24, 2.45) is 0 Å². The van der Waals surface area contributed by atoms with Crippen molar-refractivity contribution in [1.29, 1.82) is 0 Å². The number of methoxy groups -OCH3 is 1. The number of hydrogen-bond donors (Lipinski definition) is 0. The summed E-state index contributed by atoms with van der Waals surface area (Å²) >= 11 is 0. The average Bonchev–Trinajstić information content (AvgIpc) is 2.83. The first kappa shape index (κ1) is 12.3. The molecule has 0 saturated heterocycles. The van der Waals surface area contributed by atoms with Crippen LogP contribution in [0.4, 0.5) is 5.95 Å². The Labute approximate surface area is 106 Å². The summed E-state index contributed by atoms with van der Waals surface area (Å²) in [6.07, 6.45) is 1.72. The summed E-state index contributed by atoms with van der Waals surface area (Å²) in [6.45, 7) is 2.82. The number of aryl methyl sites for hydroxylation is 1. The molecule has 0 saturated carbocycles. The highest BCUT2D eigenvalue weighted by molar-refractivity contribution is 5.55. The molecule has 96 valence electrons. The fraction of sp³-hybridized carbons (Fsp3) is 0.417. The minimum Gasteiger partial charge on any atom is -0.481 e. The molecule has 0 radical (unpaired) electrons. The van der Waals surface area contributed by atoms with Crippen LogP contribution in [0.5, 0.6) is 5.88 Å². The van der Waals surface area contributed by atoms with E-state index in [1.54, 1.807) is 19.4 Å². The Morgan fingerprint density at radius 2 is 2.11 bits per heavy atom. The molecule has 6 nitrogen and oxygen atoms in total. The van der Waals surface area contributed by atoms with Crippen LogP contribution in [0.2, 0.25) is 0 Å². The SMILES string of the molecule is CCn1nc(-c2ccc(OC)nc2)nc1N(C)C. The lowest BCUT2D eigenvalue weighted by molar-refractivity contribution is 0.398. The van der Waals surface area contributed by atoms with Crippen LogP contribution in [0.15, 0.2) is 18.3 Å². The van der Waals surface area contributed by atoms with Crippen molar-refractivity contribution in [2.45, 2.75) is 13.5 Å². The summed E-state index contributed by atoms with van der Waals surface area (Å²) in [4.78, 5) is 10.6. The summed E-state index contributed by atoms with van der Waals surface area (Å²) in [5, 5.41) is 4.46. The predicted octanol–water partition coefficient (Wildman–Crippen LogP) is 1.43. The normalized spacial score (nSPS) is 10.4. The van der Waals surface area contributed by atoms with Crippen LogP contribution in [-0.4, -0.2) is 41.0 Å². The lowest BCUT2D eigenvalue weighted by Crippen LogP contribution is -2.15. The van der Waals surface area contributed by atoms with Crippen LogP contribution in [0.25, 0.3) is 11.4 Å². The van der Waals surface area contributed by atoms with Gasteiger partial charge in [0, 0.05) is 38.5 Å². The van der Waals surface area contributed by atoms with Gasteiger partial charge in [-0.15, -0.1) is 5.10 Å².